The van der Waals surface area contributed by atoms with E-state index in [4.69, 9.17) is 4.74 Å². The highest BCUT2D eigenvalue weighted by Crippen LogP contribution is 2.27. The van der Waals surface area contributed by atoms with Gasteiger partial charge in [0.1, 0.15) is 5.75 Å². The maximum absolute atomic E-state index is 11.7. The molecule has 0 saturated carbocycles. The molecule has 0 fully saturated rings. The van der Waals surface area contributed by atoms with Crippen molar-refractivity contribution in [3.8, 4) is 5.75 Å². The van der Waals surface area contributed by atoms with Crippen LogP contribution in [0, 0.1) is 0 Å². The standard InChI is InChI=1S/C19H14O3/c1-22-14-6-4-11-2-3-12-9-17-13(5-7-18(20)19(17)21)8-15(12)16(11)10-14/h2-6,8-10,21H,7H2,1H3. The molecule has 0 unspecified atom stereocenters. The maximum atomic E-state index is 11.7. The molecule has 1 aliphatic carbocycles. The van der Waals surface area contributed by atoms with Crippen molar-refractivity contribution in [3.63, 3.8) is 0 Å². The Morgan fingerprint density at radius 2 is 1.73 bits per heavy atom. The summed E-state index contributed by atoms with van der Waals surface area (Å²) in [5.41, 5.74) is 0. The van der Waals surface area contributed by atoms with E-state index in [1.807, 2.05) is 48.5 Å². The molecule has 1 aliphatic rings. The second-order valence-corrected chi connectivity index (χ2v) is 5.49. The van der Waals surface area contributed by atoms with Crippen LogP contribution in [0.5, 0.6) is 5.75 Å². The van der Waals surface area contributed by atoms with Crippen LogP contribution in [0.25, 0.3) is 33.4 Å². The molecule has 3 nitrogen and oxygen atoms in total. The first-order valence-corrected chi connectivity index (χ1v) is 7.14. The van der Waals surface area contributed by atoms with Gasteiger partial charge in [0.05, 0.1) is 7.11 Å². The van der Waals surface area contributed by atoms with Crippen molar-refractivity contribution in [2.45, 2.75) is 6.42 Å². The normalized spacial score (nSPS) is 14.0. The quantitative estimate of drug-likeness (QED) is 0.700. The summed E-state index contributed by atoms with van der Waals surface area (Å²) >= 11 is 0. The topological polar surface area (TPSA) is 46.5 Å². The summed E-state index contributed by atoms with van der Waals surface area (Å²) in [7, 11) is 1.65. The summed E-state index contributed by atoms with van der Waals surface area (Å²) < 4.78 is 5.32. The summed E-state index contributed by atoms with van der Waals surface area (Å²) in [6, 6.07) is 14.0. The summed E-state index contributed by atoms with van der Waals surface area (Å²) in [6.07, 6.45) is 2.12. The average Bonchev–Trinajstić information content (AvgIpc) is 2.56. The molecule has 4 rings (SSSR count). The molecule has 0 bridgehead atoms. The Kier molecular flexibility index (Phi) is 2.70. The number of ether oxygens (including phenoxy) is 1. The number of aliphatic hydroxyl groups is 1. The van der Waals surface area contributed by atoms with Gasteiger partial charge in [-0.3, -0.25) is 4.79 Å². The third-order valence-electron chi connectivity index (χ3n) is 4.24. The number of fused-ring (bicyclic) bond motifs is 4. The van der Waals surface area contributed by atoms with E-state index in [9.17, 15) is 9.90 Å². The molecule has 3 heteroatoms. The minimum absolute atomic E-state index is 0.134. The zero-order chi connectivity index (χ0) is 15.3. The molecule has 3 aromatic carbocycles. The molecular weight excluding hydrogens is 276 g/mol. The average molecular weight is 290 g/mol. The van der Waals surface area contributed by atoms with Crippen LogP contribution in [0.4, 0.5) is 0 Å². The SMILES string of the molecule is COc1ccc2ccc3cc4c(cc3c2c1)=CCC(=O)C=4O. The first-order chi connectivity index (χ1) is 10.7. The number of aliphatic hydroxyl groups excluding tert-OH is 1. The van der Waals surface area contributed by atoms with Gasteiger partial charge in [-0.15, -0.1) is 0 Å². The fraction of sp³-hybridized carbons (Fsp3) is 0.105. The lowest BCUT2D eigenvalue weighted by atomic mass is 9.97. The van der Waals surface area contributed by atoms with Crippen molar-refractivity contribution >= 4 is 39.2 Å². The maximum Gasteiger partial charge on any atom is 0.201 e. The molecule has 22 heavy (non-hydrogen) atoms. The smallest absolute Gasteiger partial charge is 0.201 e. The highest BCUT2D eigenvalue weighted by Gasteiger charge is 2.13. The lowest BCUT2D eigenvalue weighted by Crippen LogP contribution is -2.32. The number of hydrogen-bond donors (Lipinski definition) is 1. The Hall–Kier alpha value is -2.81. The lowest BCUT2D eigenvalue weighted by molar-refractivity contribution is -0.114. The molecule has 3 aromatic rings. The van der Waals surface area contributed by atoms with E-state index in [-0.39, 0.29) is 18.0 Å². The number of Topliss-reactive ketones (excluding diaryl/α,β-unsaturated/α-hetero) is 1. The van der Waals surface area contributed by atoms with Crippen LogP contribution in [0.1, 0.15) is 6.42 Å². The minimum Gasteiger partial charge on any atom is -0.504 e. The molecule has 1 N–H and O–H groups in total. The van der Waals surface area contributed by atoms with E-state index in [0.29, 0.717) is 5.22 Å². The monoisotopic (exact) mass is 290 g/mol. The van der Waals surface area contributed by atoms with Crippen LogP contribution in [0.3, 0.4) is 0 Å². The molecule has 0 amide bonds. The molecule has 0 aromatic heterocycles. The van der Waals surface area contributed by atoms with Gasteiger partial charge in [0, 0.05) is 11.6 Å². The Morgan fingerprint density at radius 1 is 1.00 bits per heavy atom. The van der Waals surface area contributed by atoms with Crippen molar-refractivity contribution in [2.24, 2.45) is 0 Å². The molecule has 108 valence electrons. The molecular formula is C19H14O3. The van der Waals surface area contributed by atoms with Gasteiger partial charge in [-0.05, 0) is 51.0 Å². The largest absolute Gasteiger partial charge is 0.504 e. The third-order valence-corrected chi connectivity index (χ3v) is 4.24. The Balaban J connectivity index is 2.19. The molecule has 0 atom stereocenters. The number of methoxy groups -OCH3 is 1. The molecule has 0 aliphatic heterocycles. The van der Waals surface area contributed by atoms with E-state index < -0.39 is 0 Å². The fourth-order valence-corrected chi connectivity index (χ4v) is 3.05. The number of benzene rings is 3. The lowest BCUT2D eigenvalue weighted by Gasteiger charge is -2.09. The van der Waals surface area contributed by atoms with Gasteiger partial charge in [-0.1, -0.05) is 24.3 Å². The van der Waals surface area contributed by atoms with Crippen molar-refractivity contribution in [2.75, 3.05) is 7.11 Å². The van der Waals surface area contributed by atoms with Crippen LogP contribution >= 0.6 is 0 Å². The highest BCUT2D eigenvalue weighted by atomic mass is 16.5. The van der Waals surface area contributed by atoms with Crippen molar-refractivity contribution < 1.29 is 14.6 Å². The zero-order valence-electron chi connectivity index (χ0n) is 12.1. The number of ketones is 1. The number of carbonyl (C=O) groups excluding carboxylic acids is 1. The van der Waals surface area contributed by atoms with Gasteiger partial charge in [0.2, 0.25) is 5.78 Å². The summed E-state index contributed by atoms with van der Waals surface area (Å²) in [4.78, 5) is 11.7. The number of hydrogen-bond acceptors (Lipinski definition) is 3. The third kappa shape index (κ3) is 1.79. The molecule has 0 heterocycles. The van der Waals surface area contributed by atoms with Crippen LogP contribution in [0.15, 0.2) is 42.5 Å². The predicted molar refractivity (Wildman–Crippen MR) is 87.4 cm³/mol. The molecule has 0 radical (unpaired) electrons. The second kappa shape index (κ2) is 4.60. The first kappa shape index (κ1) is 12.9. The Bertz CT molecular complexity index is 1060. The van der Waals surface area contributed by atoms with E-state index >= 15 is 0 Å². The van der Waals surface area contributed by atoms with Crippen LogP contribution in [-0.4, -0.2) is 18.0 Å². The van der Waals surface area contributed by atoms with E-state index in [1.54, 1.807) is 7.11 Å². The molecule has 0 spiro atoms. The van der Waals surface area contributed by atoms with Crippen molar-refractivity contribution in [1.29, 1.82) is 0 Å². The first-order valence-electron chi connectivity index (χ1n) is 7.14. The zero-order valence-corrected chi connectivity index (χ0v) is 12.1. The van der Waals surface area contributed by atoms with Crippen LogP contribution in [-0.2, 0) is 4.79 Å². The van der Waals surface area contributed by atoms with Gasteiger partial charge < -0.3 is 9.84 Å². The summed E-state index contributed by atoms with van der Waals surface area (Å²) in [5, 5.41) is 15.9. The highest BCUT2D eigenvalue weighted by molar-refractivity contribution is 6.15. The number of carbonyl (C=O) groups is 1. The molecule has 0 saturated heterocycles. The van der Waals surface area contributed by atoms with Gasteiger partial charge >= 0.3 is 0 Å². The Morgan fingerprint density at radius 3 is 2.55 bits per heavy atom. The van der Waals surface area contributed by atoms with Gasteiger partial charge in [-0.25, -0.2) is 0 Å². The van der Waals surface area contributed by atoms with Crippen LogP contribution < -0.4 is 15.2 Å². The number of rotatable bonds is 1. The van der Waals surface area contributed by atoms with Crippen molar-refractivity contribution in [3.05, 3.63) is 52.9 Å². The van der Waals surface area contributed by atoms with Crippen LogP contribution in [0.2, 0.25) is 0 Å². The van der Waals surface area contributed by atoms with E-state index in [2.05, 4.69) is 0 Å². The summed E-state index contributed by atoms with van der Waals surface area (Å²) in [6.45, 7) is 0. The van der Waals surface area contributed by atoms with Gasteiger partial charge in [0.15, 0.2) is 5.76 Å². The van der Waals surface area contributed by atoms with Gasteiger partial charge in [-0.2, -0.15) is 0 Å². The Labute approximate surface area is 126 Å². The second-order valence-electron chi connectivity index (χ2n) is 5.49. The summed E-state index contributed by atoms with van der Waals surface area (Å²) in [5.74, 6) is 0.450. The van der Waals surface area contributed by atoms with Gasteiger partial charge in [0.25, 0.3) is 0 Å². The van der Waals surface area contributed by atoms with Crippen molar-refractivity contribution in [1.82, 2.24) is 0 Å². The van der Waals surface area contributed by atoms with E-state index in [1.165, 1.54) is 0 Å². The van der Waals surface area contributed by atoms with E-state index in [0.717, 1.165) is 32.5 Å². The minimum atomic E-state index is -0.227. The predicted octanol–water partition coefficient (Wildman–Crippen LogP) is 2.42. The fourth-order valence-electron chi connectivity index (χ4n) is 3.05.